The second-order valence-corrected chi connectivity index (χ2v) is 4.69. The summed E-state index contributed by atoms with van der Waals surface area (Å²) < 4.78 is 5.46. The van der Waals surface area contributed by atoms with Gasteiger partial charge in [0.25, 0.3) is 5.91 Å². The summed E-state index contributed by atoms with van der Waals surface area (Å²) in [6.07, 6.45) is 1.31. The fraction of sp³-hybridized carbons (Fsp3) is 0.462. The Morgan fingerprint density at radius 1 is 1.47 bits per heavy atom. The minimum Gasteiger partial charge on any atom is -0.478 e. The lowest BCUT2D eigenvalue weighted by molar-refractivity contribution is -0.0389. The Bertz CT molecular complexity index is 503. The molecule has 1 aliphatic rings. The minimum absolute atomic E-state index is 0.0252. The number of morpholine rings is 1. The number of aromatic carboxylic acids is 1. The standard InChI is InChI=1S/C13H16N2O4/c1-8-7-19-9(2)6-15(8)12(16)11-5-10(13(17)18)3-4-14-11/h3-5,8-9H,6-7H2,1-2H3,(H,17,18). The van der Waals surface area contributed by atoms with Crippen LogP contribution in [-0.2, 0) is 4.74 Å². The van der Waals surface area contributed by atoms with Crippen molar-refractivity contribution in [2.45, 2.75) is 26.0 Å². The average Bonchev–Trinajstić information content (AvgIpc) is 2.41. The molecule has 1 aromatic heterocycles. The highest BCUT2D eigenvalue weighted by molar-refractivity contribution is 5.96. The first-order chi connectivity index (χ1) is 8.99. The molecule has 0 aliphatic carbocycles. The molecule has 2 rings (SSSR count). The zero-order valence-corrected chi connectivity index (χ0v) is 10.9. The number of pyridine rings is 1. The lowest BCUT2D eigenvalue weighted by Crippen LogP contribution is -2.50. The van der Waals surface area contributed by atoms with Crippen LogP contribution in [0.5, 0.6) is 0 Å². The van der Waals surface area contributed by atoms with E-state index >= 15 is 0 Å². The lowest BCUT2D eigenvalue weighted by Gasteiger charge is -2.36. The van der Waals surface area contributed by atoms with Gasteiger partial charge < -0.3 is 14.7 Å². The lowest BCUT2D eigenvalue weighted by atomic mass is 10.1. The molecule has 1 amide bonds. The Kier molecular flexibility index (Phi) is 3.80. The maximum atomic E-state index is 12.3. The number of aromatic nitrogens is 1. The molecule has 1 aliphatic heterocycles. The van der Waals surface area contributed by atoms with Crippen LogP contribution in [0.4, 0.5) is 0 Å². The van der Waals surface area contributed by atoms with Crippen molar-refractivity contribution in [2.24, 2.45) is 0 Å². The van der Waals surface area contributed by atoms with Crippen LogP contribution in [0.15, 0.2) is 18.3 Å². The quantitative estimate of drug-likeness (QED) is 0.863. The van der Waals surface area contributed by atoms with E-state index in [0.717, 1.165) is 0 Å². The summed E-state index contributed by atoms with van der Waals surface area (Å²) in [6.45, 7) is 4.75. The summed E-state index contributed by atoms with van der Waals surface area (Å²) in [5.74, 6) is -1.33. The van der Waals surface area contributed by atoms with Crippen molar-refractivity contribution >= 4 is 11.9 Å². The third-order valence-corrected chi connectivity index (χ3v) is 3.09. The van der Waals surface area contributed by atoms with Gasteiger partial charge in [-0.2, -0.15) is 0 Å². The second-order valence-electron chi connectivity index (χ2n) is 4.69. The van der Waals surface area contributed by atoms with Crippen molar-refractivity contribution in [2.75, 3.05) is 13.2 Å². The highest BCUT2D eigenvalue weighted by Crippen LogP contribution is 2.15. The first-order valence-electron chi connectivity index (χ1n) is 6.11. The van der Waals surface area contributed by atoms with Gasteiger partial charge in [0.1, 0.15) is 5.69 Å². The topological polar surface area (TPSA) is 79.7 Å². The number of amides is 1. The molecule has 102 valence electrons. The van der Waals surface area contributed by atoms with E-state index in [0.29, 0.717) is 13.2 Å². The molecule has 1 saturated heterocycles. The average molecular weight is 264 g/mol. The summed E-state index contributed by atoms with van der Waals surface area (Å²) in [6, 6.07) is 2.63. The molecule has 0 spiro atoms. The van der Waals surface area contributed by atoms with Gasteiger partial charge in [-0.15, -0.1) is 0 Å². The Morgan fingerprint density at radius 3 is 2.89 bits per heavy atom. The Balaban J connectivity index is 2.23. The summed E-state index contributed by atoms with van der Waals surface area (Å²) in [5, 5.41) is 8.92. The summed E-state index contributed by atoms with van der Waals surface area (Å²) in [4.78, 5) is 28.9. The highest BCUT2D eigenvalue weighted by Gasteiger charge is 2.29. The summed E-state index contributed by atoms with van der Waals surface area (Å²) >= 11 is 0. The summed E-state index contributed by atoms with van der Waals surface area (Å²) in [5.41, 5.74) is 0.216. The van der Waals surface area contributed by atoms with Gasteiger partial charge in [0.15, 0.2) is 0 Å². The molecule has 6 heteroatoms. The Hall–Kier alpha value is -1.95. The number of nitrogens with zero attached hydrogens (tertiary/aromatic N) is 2. The second kappa shape index (κ2) is 5.36. The highest BCUT2D eigenvalue weighted by atomic mass is 16.5. The third-order valence-electron chi connectivity index (χ3n) is 3.09. The van der Waals surface area contributed by atoms with Gasteiger partial charge >= 0.3 is 5.97 Å². The fourth-order valence-corrected chi connectivity index (χ4v) is 2.01. The van der Waals surface area contributed by atoms with Gasteiger partial charge in [0.05, 0.1) is 24.3 Å². The summed E-state index contributed by atoms with van der Waals surface area (Å²) in [7, 11) is 0. The smallest absolute Gasteiger partial charge is 0.335 e. The van der Waals surface area contributed by atoms with Crippen LogP contribution in [0.2, 0.25) is 0 Å². The van der Waals surface area contributed by atoms with Gasteiger partial charge in [-0.3, -0.25) is 9.78 Å². The van der Waals surface area contributed by atoms with Crippen LogP contribution in [0.1, 0.15) is 34.7 Å². The van der Waals surface area contributed by atoms with E-state index in [2.05, 4.69) is 4.98 Å². The van der Waals surface area contributed by atoms with E-state index < -0.39 is 5.97 Å². The maximum Gasteiger partial charge on any atom is 0.335 e. The van der Waals surface area contributed by atoms with Gasteiger partial charge in [0.2, 0.25) is 0 Å². The van der Waals surface area contributed by atoms with Crippen molar-refractivity contribution < 1.29 is 19.4 Å². The number of hydrogen-bond acceptors (Lipinski definition) is 4. The Labute approximate surface area is 111 Å². The van der Waals surface area contributed by atoms with E-state index in [1.165, 1.54) is 18.3 Å². The van der Waals surface area contributed by atoms with E-state index in [4.69, 9.17) is 9.84 Å². The van der Waals surface area contributed by atoms with Crippen molar-refractivity contribution in [3.05, 3.63) is 29.6 Å². The Morgan fingerprint density at radius 2 is 2.21 bits per heavy atom. The number of carbonyl (C=O) groups is 2. The van der Waals surface area contributed by atoms with E-state index in [9.17, 15) is 9.59 Å². The zero-order chi connectivity index (χ0) is 14.0. The molecule has 1 aromatic rings. The van der Waals surface area contributed by atoms with Crippen molar-refractivity contribution in [1.29, 1.82) is 0 Å². The molecule has 2 heterocycles. The molecule has 0 bridgehead atoms. The van der Waals surface area contributed by atoms with Gasteiger partial charge in [-0.25, -0.2) is 4.79 Å². The monoisotopic (exact) mass is 264 g/mol. The molecule has 1 N–H and O–H groups in total. The number of carboxylic acids is 1. The zero-order valence-electron chi connectivity index (χ0n) is 10.9. The molecule has 2 atom stereocenters. The predicted molar refractivity (Wildman–Crippen MR) is 67.1 cm³/mol. The van der Waals surface area contributed by atoms with Gasteiger partial charge in [0, 0.05) is 12.7 Å². The molecule has 0 radical (unpaired) electrons. The molecule has 2 unspecified atom stereocenters. The van der Waals surface area contributed by atoms with Crippen molar-refractivity contribution in [3.63, 3.8) is 0 Å². The largest absolute Gasteiger partial charge is 0.478 e. The number of carbonyl (C=O) groups excluding carboxylic acids is 1. The van der Waals surface area contributed by atoms with Gasteiger partial charge in [-0.05, 0) is 26.0 Å². The van der Waals surface area contributed by atoms with Crippen LogP contribution >= 0.6 is 0 Å². The van der Waals surface area contributed by atoms with Gasteiger partial charge in [-0.1, -0.05) is 0 Å². The van der Waals surface area contributed by atoms with E-state index in [1.54, 1.807) is 4.90 Å². The van der Waals surface area contributed by atoms with E-state index in [-0.39, 0.29) is 29.3 Å². The molecule has 6 nitrogen and oxygen atoms in total. The van der Waals surface area contributed by atoms with Crippen LogP contribution in [0, 0.1) is 0 Å². The molecule has 0 saturated carbocycles. The molecular formula is C13H16N2O4. The number of ether oxygens (including phenoxy) is 1. The first-order valence-corrected chi connectivity index (χ1v) is 6.11. The normalized spacial score (nSPS) is 23.2. The van der Waals surface area contributed by atoms with Crippen LogP contribution in [0.25, 0.3) is 0 Å². The SMILES string of the molecule is CC1CN(C(=O)c2cc(C(=O)O)ccn2)C(C)CO1. The van der Waals surface area contributed by atoms with Crippen LogP contribution in [-0.4, -0.2) is 52.2 Å². The van der Waals surface area contributed by atoms with Crippen molar-refractivity contribution in [1.82, 2.24) is 9.88 Å². The number of hydrogen-bond donors (Lipinski definition) is 1. The predicted octanol–water partition coefficient (Wildman–Crippen LogP) is 1.03. The van der Waals surface area contributed by atoms with Crippen LogP contribution < -0.4 is 0 Å². The van der Waals surface area contributed by atoms with E-state index in [1.807, 2.05) is 13.8 Å². The third kappa shape index (κ3) is 2.90. The minimum atomic E-state index is -1.07. The fourth-order valence-electron chi connectivity index (χ4n) is 2.01. The molecule has 1 fully saturated rings. The maximum absolute atomic E-state index is 12.3. The van der Waals surface area contributed by atoms with Crippen molar-refractivity contribution in [3.8, 4) is 0 Å². The first kappa shape index (κ1) is 13.5. The van der Waals surface area contributed by atoms with Crippen LogP contribution in [0.3, 0.4) is 0 Å². The number of rotatable bonds is 2. The molecular weight excluding hydrogens is 248 g/mol. The molecule has 0 aromatic carbocycles. The number of carboxylic acid groups (broad SMARTS) is 1. The molecule has 19 heavy (non-hydrogen) atoms.